The van der Waals surface area contributed by atoms with Gasteiger partial charge in [-0.25, -0.2) is 0 Å². The minimum atomic E-state index is 0.139. The molecule has 21 heavy (non-hydrogen) atoms. The zero-order chi connectivity index (χ0) is 15.1. The van der Waals surface area contributed by atoms with Gasteiger partial charge < -0.3 is 10.1 Å². The molecule has 0 fully saturated rings. The summed E-state index contributed by atoms with van der Waals surface area (Å²) >= 11 is 0. The van der Waals surface area contributed by atoms with Crippen LogP contribution in [0.3, 0.4) is 0 Å². The molecule has 3 nitrogen and oxygen atoms in total. The Hall–Kier alpha value is -1.77. The van der Waals surface area contributed by atoms with Crippen molar-refractivity contribution in [3.63, 3.8) is 0 Å². The van der Waals surface area contributed by atoms with Gasteiger partial charge in [-0.3, -0.25) is 4.79 Å². The molecule has 1 aliphatic rings. The van der Waals surface area contributed by atoms with E-state index >= 15 is 0 Å². The van der Waals surface area contributed by atoms with E-state index in [2.05, 4.69) is 43.4 Å². The molecule has 114 valence electrons. The Labute approximate surface area is 127 Å². The van der Waals surface area contributed by atoms with E-state index in [1.807, 2.05) is 12.1 Å². The first-order chi connectivity index (χ1) is 10.2. The van der Waals surface area contributed by atoms with E-state index in [0.717, 1.165) is 25.0 Å². The molecule has 0 unspecified atom stereocenters. The van der Waals surface area contributed by atoms with Crippen LogP contribution < -0.4 is 10.1 Å². The standard InChI is InChI=1S/C18H25NO2/c1-14(2)15-8-10-17(11-9-15)21-13-12-19-18(20)16-6-4-3-5-7-16/h3-4,8-11,14,16H,5-7,12-13H2,1-2H3,(H,19,20)/t16-/m0/s1. The van der Waals surface area contributed by atoms with Crippen molar-refractivity contribution in [2.45, 2.75) is 39.0 Å². The van der Waals surface area contributed by atoms with Crippen molar-refractivity contribution in [2.75, 3.05) is 13.2 Å². The van der Waals surface area contributed by atoms with Crippen LogP contribution in [0.2, 0.25) is 0 Å². The molecule has 2 rings (SSSR count). The van der Waals surface area contributed by atoms with Gasteiger partial charge in [-0.2, -0.15) is 0 Å². The number of amides is 1. The first kappa shape index (κ1) is 15.6. The van der Waals surface area contributed by atoms with E-state index in [4.69, 9.17) is 4.74 Å². The molecule has 0 aliphatic heterocycles. The largest absolute Gasteiger partial charge is 0.492 e. The smallest absolute Gasteiger partial charge is 0.223 e. The second-order valence-corrected chi connectivity index (χ2v) is 5.84. The Morgan fingerprint density at radius 1 is 1.29 bits per heavy atom. The second kappa shape index (κ2) is 7.87. The van der Waals surface area contributed by atoms with Crippen LogP contribution in [0.5, 0.6) is 5.75 Å². The van der Waals surface area contributed by atoms with Gasteiger partial charge in [0, 0.05) is 5.92 Å². The first-order valence-electron chi connectivity index (χ1n) is 7.82. The summed E-state index contributed by atoms with van der Waals surface area (Å²) in [6.45, 7) is 5.41. The SMILES string of the molecule is CC(C)c1ccc(OCCNC(=O)[C@H]2CC=CCC2)cc1. The van der Waals surface area contributed by atoms with Gasteiger partial charge in [-0.05, 0) is 42.9 Å². The monoisotopic (exact) mass is 287 g/mol. The van der Waals surface area contributed by atoms with Gasteiger partial charge in [-0.15, -0.1) is 0 Å². The molecule has 0 heterocycles. The summed E-state index contributed by atoms with van der Waals surface area (Å²) in [5, 5.41) is 2.95. The minimum Gasteiger partial charge on any atom is -0.492 e. The first-order valence-corrected chi connectivity index (χ1v) is 7.82. The van der Waals surface area contributed by atoms with Crippen molar-refractivity contribution < 1.29 is 9.53 Å². The van der Waals surface area contributed by atoms with Crippen LogP contribution in [0.25, 0.3) is 0 Å². The number of nitrogens with one attached hydrogen (secondary N) is 1. The fraction of sp³-hybridized carbons (Fsp3) is 0.500. The van der Waals surface area contributed by atoms with Gasteiger partial charge in [0.15, 0.2) is 0 Å². The Morgan fingerprint density at radius 2 is 2.05 bits per heavy atom. The van der Waals surface area contributed by atoms with Crippen LogP contribution in [0.15, 0.2) is 36.4 Å². The molecule has 1 amide bonds. The average molecular weight is 287 g/mol. The van der Waals surface area contributed by atoms with Crippen molar-refractivity contribution in [3.8, 4) is 5.75 Å². The minimum absolute atomic E-state index is 0.139. The highest BCUT2D eigenvalue weighted by molar-refractivity contribution is 5.78. The summed E-state index contributed by atoms with van der Waals surface area (Å²) in [4.78, 5) is 11.9. The maximum atomic E-state index is 11.9. The highest BCUT2D eigenvalue weighted by Gasteiger charge is 2.17. The van der Waals surface area contributed by atoms with E-state index in [1.165, 1.54) is 5.56 Å². The number of benzene rings is 1. The lowest BCUT2D eigenvalue weighted by Crippen LogP contribution is -2.34. The third-order valence-corrected chi connectivity index (χ3v) is 3.86. The fourth-order valence-corrected chi connectivity index (χ4v) is 2.47. The Kier molecular flexibility index (Phi) is 5.85. The van der Waals surface area contributed by atoms with E-state index in [1.54, 1.807) is 0 Å². The van der Waals surface area contributed by atoms with Crippen LogP contribution in [-0.4, -0.2) is 19.1 Å². The van der Waals surface area contributed by atoms with Crippen molar-refractivity contribution in [1.82, 2.24) is 5.32 Å². The van der Waals surface area contributed by atoms with E-state index in [-0.39, 0.29) is 11.8 Å². The predicted octanol–water partition coefficient (Wildman–Crippen LogP) is 3.66. The Bertz CT molecular complexity index is 476. The van der Waals surface area contributed by atoms with Crippen molar-refractivity contribution in [1.29, 1.82) is 0 Å². The molecule has 1 atom stereocenters. The average Bonchev–Trinajstić information content (AvgIpc) is 2.52. The highest BCUT2D eigenvalue weighted by atomic mass is 16.5. The molecule has 1 aromatic rings. The maximum absolute atomic E-state index is 11.9. The summed E-state index contributed by atoms with van der Waals surface area (Å²) in [6.07, 6.45) is 7.08. The normalized spacial score (nSPS) is 17.8. The van der Waals surface area contributed by atoms with Crippen molar-refractivity contribution in [3.05, 3.63) is 42.0 Å². The van der Waals surface area contributed by atoms with E-state index in [0.29, 0.717) is 19.1 Å². The van der Waals surface area contributed by atoms with Gasteiger partial charge in [0.2, 0.25) is 5.91 Å². The second-order valence-electron chi connectivity index (χ2n) is 5.84. The maximum Gasteiger partial charge on any atom is 0.223 e. The zero-order valence-corrected chi connectivity index (χ0v) is 13.0. The topological polar surface area (TPSA) is 38.3 Å². The molecule has 0 saturated heterocycles. The molecule has 0 saturated carbocycles. The van der Waals surface area contributed by atoms with Gasteiger partial charge >= 0.3 is 0 Å². The van der Waals surface area contributed by atoms with Crippen LogP contribution in [0.1, 0.15) is 44.6 Å². The molecule has 0 bridgehead atoms. The van der Waals surface area contributed by atoms with E-state index in [9.17, 15) is 4.79 Å². The third kappa shape index (κ3) is 4.92. The summed E-state index contributed by atoms with van der Waals surface area (Å²) in [5.74, 6) is 1.68. The summed E-state index contributed by atoms with van der Waals surface area (Å²) in [7, 11) is 0. The van der Waals surface area contributed by atoms with Crippen LogP contribution in [-0.2, 0) is 4.79 Å². The molecule has 3 heteroatoms. The fourth-order valence-electron chi connectivity index (χ4n) is 2.47. The lowest BCUT2D eigenvalue weighted by atomic mass is 9.94. The Balaban J connectivity index is 1.67. The quantitative estimate of drug-likeness (QED) is 0.640. The van der Waals surface area contributed by atoms with Gasteiger partial charge in [0.25, 0.3) is 0 Å². The number of rotatable bonds is 6. The number of carbonyl (C=O) groups is 1. The Morgan fingerprint density at radius 3 is 2.67 bits per heavy atom. The lowest BCUT2D eigenvalue weighted by Gasteiger charge is -2.17. The molecule has 0 aromatic heterocycles. The zero-order valence-electron chi connectivity index (χ0n) is 13.0. The third-order valence-electron chi connectivity index (χ3n) is 3.86. The van der Waals surface area contributed by atoms with Crippen molar-refractivity contribution in [2.24, 2.45) is 5.92 Å². The van der Waals surface area contributed by atoms with Crippen molar-refractivity contribution >= 4 is 5.91 Å². The molecule has 1 aliphatic carbocycles. The summed E-state index contributed by atoms with van der Waals surface area (Å²) < 4.78 is 5.65. The van der Waals surface area contributed by atoms with Gasteiger partial charge in [-0.1, -0.05) is 38.1 Å². The lowest BCUT2D eigenvalue weighted by molar-refractivity contribution is -0.125. The summed E-state index contributed by atoms with van der Waals surface area (Å²) in [6, 6.07) is 8.16. The molecular weight excluding hydrogens is 262 g/mol. The molecule has 1 aromatic carbocycles. The number of allylic oxidation sites excluding steroid dienone is 2. The van der Waals surface area contributed by atoms with Crippen LogP contribution in [0, 0.1) is 5.92 Å². The van der Waals surface area contributed by atoms with Crippen LogP contribution in [0.4, 0.5) is 0 Å². The summed E-state index contributed by atoms with van der Waals surface area (Å²) in [5.41, 5.74) is 1.31. The molecule has 1 N–H and O–H groups in total. The number of carbonyl (C=O) groups excluding carboxylic acids is 1. The number of hydrogen-bond acceptors (Lipinski definition) is 2. The molecular formula is C18H25NO2. The number of hydrogen-bond donors (Lipinski definition) is 1. The molecule has 0 spiro atoms. The van der Waals surface area contributed by atoms with E-state index < -0.39 is 0 Å². The van der Waals surface area contributed by atoms with Gasteiger partial charge in [0.1, 0.15) is 12.4 Å². The van der Waals surface area contributed by atoms with Crippen LogP contribution >= 0.6 is 0 Å². The highest BCUT2D eigenvalue weighted by Crippen LogP contribution is 2.19. The number of ether oxygens (including phenoxy) is 1. The predicted molar refractivity (Wildman–Crippen MR) is 85.5 cm³/mol. The molecule has 0 radical (unpaired) electrons. The van der Waals surface area contributed by atoms with Gasteiger partial charge in [0.05, 0.1) is 6.54 Å².